The van der Waals surface area contributed by atoms with Gasteiger partial charge in [-0.1, -0.05) is 30.3 Å². The quantitative estimate of drug-likeness (QED) is 0.148. The molecule has 2 unspecified atom stereocenters. The average Bonchev–Trinajstić information content (AvgIpc) is 3.28. The standard InChI is InChI=1S/C33H33F3N2O5/c1-19(2)38-28(15-14-26(39)17-27(40)18-29(41)42)30(20-6-10-22(34)11-7-20)31(21-8-12-23(35)13-9-21)32(38)33(43)37-25-5-3-4-24(36)16-25/h3-13,16,19,26-27,39-40H,14-15,17-18H2,1-2H3,(H,37,43)(H,41,42). The zero-order valence-corrected chi connectivity index (χ0v) is 23.7. The molecule has 0 saturated carbocycles. The first-order chi connectivity index (χ1) is 20.4. The van der Waals surface area contributed by atoms with Crippen molar-refractivity contribution in [3.8, 4) is 22.3 Å². The number of carboxylic acids is 1. The third-order valence-corrected chi connectivity index (χ3v) is 7.06. The molecule has 0 aliphatic rings. The van der Waals surface area contributed by atoms with Gasteiger partial charge in [0.25, 0.3) is 5.91 Å². The fourth-order valence-electron chi connectivity index (χ4n) is 5.28. The number of halogens is 3. The van der Waals surface area contributed by atoms with E-state index < -0.39 is 48.0 Å². The van der Waals surface area contributed by atoms with Crippen LogP contribution in [0.1, 0.15) is 55.3 Å². The number of aliphatic carboxylic acids is 1. The Bertz CT molecular complexity index is 1580. The van der Waals surface area contributed by atoms with Gasteiger partial charge in [0.2, 0.25) is 0 Å². The molecule has 0 aliphatic carbocycles. The highest BCUT2D eigenvalue weighted by Crippen LogP contribution is 2.43. The summed E-state index contributed by atoms with van der Waals surface area (Å²) >= 11 is 0. The van der Waals surface area contributed by atoms with Gasteiger partial charge in [-0.25, -0.2) is 13.2 Å². The lowest BCUT2D eigenvalue weighted by molar-refractivity contribution is -0.139. The number of nitrogens with zero attached hydrogens (tertiary/aromatic N) is 1. The number of carboxylic acid groups (broad SMARTS) is 1. The number of aliphatic hydroxyl groups excluding tert-OH is 2. The number of carbonyl (C=O) groups is 2. The molecular weight excluding hydrogens is 561 g/mol. The normalized spacial score (nSPS) is 12.7. The van der Waals surface area contributed by atoms with Gasteiger partial charge in [-0.2, -0.15) is 0 Å². The Hall–Kier alpha value is -4.41. The Labute approximate surface area is 247 Å². The van der Waals surface area contributed by atoms with E-state index in [0.29, 0.717) is 27.9 Å². The third kappa shape index (κ3) is 7.71. The summed E-state index contributed by atoms with van der Waals surface area (Å²) in [6, 6.07) is 16.4. The van der Waals surface area contributed by atoms with Crippen molar-refractivity contribution >= 4 is 17.6 Å². The second-order valence-corrected chi connectivity index (χ2v) is 10.7. The number of hydrogen-bond acceptors (Lipinski definition) is 4. The number of rotatable bonds is 12. The summed E-state index contributed by atoms with van der Waals surface area (Å²) in [4.78, 5) is 25.0. The van der Waals surface area contributed by atoms with Crippen LogP contribution in [0.2, 0.25) is 0 Å². The summed E-state index contributed by atoms with van der Waals surface area (Å²) in [5.74, 6) is -3.24. The van der Waals surface area contributed by atoms with Crippen LogP contribution in [-0.2, 0) is 11.2 Å². The van der Waals surface area contributed by atoms with Crippen molar-refractivity contribution in [2.75, 3.05) is 5.32 Å². The molecule has 3 aromatic carbocycles. The van der Waals surface area contributed by atoms with Crippen LogP contribution < -0.4 is 5.32 Å². The second kappa shape index (κ2) is 13.7. The minimum Gasteiger partial charge on any atom is -0.481 e. The molecule has 0 fully saturated rings. The minimum absolute atomic E-state index is 0.107. The van der Waals surface area contributed by atoms with Crippen LogP contribution in [-0.4, -0.2) is 44.0 Å². The lowest BCUT2D eigenvalue weighted by Crippen LogP contribution is -2.22. The number of carbonyl (C=O) groups excluding carboxylic acids is 1. The van der Waals surface area contributed by atoms with Crippen LogP contribution in [0.3, 0.4) is 0 Å². The van der Waals surface area contributed by atoms with Crippen LogP contribution in [0.4, 0.5) is 18.9 Å². The zero-order valence-electron chi connectivity index (χ0n) is 23.7. The monoisotopic (exact) mass is 594 g/mol. The van der Waals surface area contributed by atoms with Gasteiger partial charge in [0.1, 0.15) is 23.1 Å². The van der Waals surface area contributed by atoms with Gasteiger partial charge < -0.3 is 25.2 Å². The number of aliphatic hydroxyl groups is 2. The highest BCUT2D eigenvalue weighted by atomic mass is 19.1. The molecule has 1 aromatic heterocycles. The predicted octanol–water partition coefficient (Wildman–Crippen LogP) is 6.59. The van der Waals surface area contributed by atoms with Crippen LogP contribution >= 0.6 is 0 Å². The summed E-state index contributed by atoms with van der Waals surface area (Å²) in [5, 5.41) is 32.5. The Morgan fingerprint density at radius 3 is 1.93 bits per heavy atom. The predicted molar refractivity (Wildman–Crippen MR) is 157 cm³/mol. The summed E-state index contributed by atoms with van der Waals surface area (Å²) in [6.45, 7) is 3.72. The average molecular weight is 595 g/mol. The number of anilines is 1. The van der Waals surface area contributed by atoms with E-state index in [2.05, 4.69) is 5.32 Å². The highest BCUT2D eigenvalue weighted by Gasteiger charge is 2.30. The molecule has 0 aliphatic heterocycles. The first-order valence-corrected chi connectivity index (χ1v) is 13.9. The molecule has 4 N–H and O–H groups in total. The highest BCUT2D eigenvalue weighted by molar-refractivity contribution is 6.11. The van der Waals surface area contributed by atoms with Gasteiger partial charge in [0, 0.05) is 28.6 Å². The van der Waals surface area contributed by atoms with Gasteiger partial charge in [-0.3, -0.25) is 9.59 Å². The van der Waals surface area contributed by atoms with E-state index >= 15 is 0 Å². The summed E-state index contributed by atoms with van der Waals surface area (Å²) in [7, 11) is 0. The fourth-order valence-corrected chi connectivity index (χ4v) is 5.28. The molecule has 0 bridgehead atoms. The molecular formula is C33H33F3N2O5. The van der Waals surface area contributed by atoms with Gasteiger partial charge in [-0.05, 0) is 86.7 Å². The van der Waals surface area contributed by atoms with Crippen molar-refractivity contribution in [3.63, 3.8) is 0 Å². The molecule has 7 nitrogen and oxygen atoms in total. The fraction of sp³-hybridized carbons (Fsp3) is 0.273. The topological polar surface area (TPSA) is 112 Å². The molecule has 1 heterocycles. The van der Waals surface area contributed by atoms with E-state index in [1.54, 1.807) is 22.8 Å². The first-order valence-electron chi connectivity index (χ1n) is 13.9. The van der Waals surface area contributed by atoms with Crippen molar-refractivity contribution in [1.82, 2.24) is 4.57 Å². The van der Waals surface area contributed by atoms with Crippen LogP contribution in [0.15, 0.2) is 72.8 Å². The van der Waals surface area contributed by atoms with Crippen LogP contribution in [0.5, 0.6) is 0 Å². The molecule has 226 valence electrons. The van der Waals surface area contributed by atoms with Gasteiger partial charge >= 0.3 is 5.97 Å². The molecule has 0 radical (unpaired) electrons. The maximum Gasteiger partial charge on any atom is 0.305 e. The number of hydrogen-bond donors (Lipinski definition) is 4. The molecule has 4 aromatic rings. The summed E-state index contributed by atoms with van der Waals surface area (Å²) < 4.78 is 43.8. The van der Waals surface area contributed by atoms with Crippen molar-refractivity contribution in [2.45, 2.75) is 57.8 Å². The van der Waals surface area contributed by atoms with Crippen LogP contribution in [0, 0.1) is 17.5 Å². The summed E-state index contributed by atoms with van der Waals surface area (Å²) in [5.41, 5.74) is 3.09. The lowest BCUT2D eigenvalue weighted by atomic mass is 9.92. The largest absolute Gasteiger partial charge is 0.481 e. The molecule has 10 heteroatoms. The maximum absolute atomic E-state index is 14.0. The van der Waals surface area contributed by atoms with Crippen molar-refractivity contribution in [3.05, 3.63) is 102 Å². The molecule has 4 rings (SSSR count). The van der Waals surface area contributed by atoms with E-state index in [1.165, 1.54) is 54.6 Å². The van der Waals surface area contributed by atoms with Gasteiger partial charge in [-0.15, -0.1) is 0 Å². The molecule has 0 spiro atoms. The van der Waals surface area contributed by atoms with Crippen molar-refractivity contribution < 1.29 is 38.1 Å². The second-order valence-electron chi connectivity index (χ2n) is 10.7. The SMILES string of the molecule is CC(C)n1c(CCC(O)CC(O)CC(=O)O)c(-c2ccc(F)cc2)c(-c2ccc(F)cc2)c1C(=O)Nc1cccc(F)c1. The van der Waals surface area contributed by atoms with E-state index in [-0.39, 0.29) is 36.7 Å². The van der Waals surface area contributed by atoms with Crippen molar-refractivity contribution in [1.29, 1.82) is 0 Å². The molecule has 0 saturated heterocycles. The minimum atomic E-state index is -1.25. The molecule has 1 amide bonds. The third-order valence-electron chi connectivity index (χ3n) is 7.06. The van der Waals surface area contributed by atoms with E-state index in [0.717, 1.165) is 0 Å². The van der Waals surface area contributed by atoms with Gasteiger partial charge in [0.15, 0.2) is 0 Å². The Balaban J connectivity index is 1.92. The molecule has 43 heavy (non-hydrogen) atoms. The zero-order chi connectivity index (χ0) is 31.3. The number of aromatic nitrogens is 1. The lowest BCUT2D eigenvalue weighted by Gasteiger charge is -2.20. The van der Waals surface area contributed by atoms with E-state index in [9.17, 15) is 33.0 Å². The van der Waals surface area contributed by atoms with E-state index in [4.69, 9.17) is 5.11 Å². The van der Waals surface area contributed by atoms with Gasteiger partial charge in [0.05, 0.1) is 18.6 Å². The number of amides is 1. The Morgan fingerprint density at radius 1 is 0.814 bits per heavy atom. The Kier molecular flexibility index (Phi) is 10.1. The Morgan fingerprint density at radius 2 is 1.40 bits per heavy atom. The number of benzene rings is 3. The first kappa shape index (κ1) is 31.5. The van der Waals surface area contributed by atoms with E-state index in [1.807, 2.05) is 13.8 Å². The molecule has 2 atom stereocenters. The smallest absolute Gasteiger partial charge is 0.305 e. The summed E-state index contributed by atoms with van der Waals surface area (Å²) in [6.07, 6.45) is -2.70. The maximum atomic E-state index is 14.0. The number of nitrogens with one attached hydrogen (secondary N) is 1. The van der Waals surface area contributed by atoms with Crippen molar-refractivity contribution in [2.24, 2.45) is 0 Å². The van der Waals surface area contributed by atoms with Crippen LogP contribution in [0.25, 0.3) is 22.3 Å².